The number of methoxy groups -OCH3 is 1. The van der Waals surface area contributed by atoms with Crippen molar-refractivity contribution in [2.75, 3.05) is 33.5 Å². The molecule has 0 bridgehead atoms. The Morgan fingerprint density at radius 2 is 1.68 bits per heavy atom. The van der Waals surface area contributed by atoms with E-state index in [1.165, 1.54) is 12.1 Å². The molecular weight excluding hydrogens is 423 g/mol. The zero-order valence-electron chi connectivity index (χ0n) is 17.3. The van der Waals surface area contributed by atoms with Crippen molar-refractivity contribution in [2.45, 2.75) is 5.03 Å². The highest BCUT2D eigenvalue weighted by atomic mass is 32.2. The number of para-hydroxylation sites is 1. The Morgan fingerprint density at radius 1 is 1.06 bits per heavy atom. The molecule has 2 N–H and O–H groups in total. The average molecular weight is 447 g/mol. The topological polar surface area (TPSA) is 100.0 Å². The van der Waals surface area contributed by atoms with Crippen LogP contribution in [0.1, 0.15) is 0 Å². The van der Waals surface area contributed by atoms with Crippen LogP contribution in [0.3, 0.4) is 0 Å². The SMILES string of the molecule is COc1c(-c2ccc(F)cc2)c(SCCN(C)C)nc2ccccc12.O=C(O)C(=O)O. The molecule has 31 heavy (non-hydrogen) atoms. The quantitative estimate of drug-likeness (QED) is 0.435. The van der Waals surface area contributed by atoms with Gasteiger partial charge in [0.2, 0.25) is 0 Å². The number of halogens is 1. The normalized spacial score (nSPS) is 10.5. The fourth-order valence-electron chi connectivity index (χ4n) is 2.67. The van der Waals surface area contributed by atoms with Crippen molar-refractivity contribution in [3.05, 3.63) is 54.3 Å². The molecule has 3 aromatic rings. The zero-order valence-corrected chi connectivity index (χ0v) is 18.1. The van der Waals surface area contributed by atoms with Crippen molar-refractivity contribution < 1.29 is 28.9 Å². The third-order valence-electron chi connectivity index (χ3n) is 4.11. The maximum Gasteiger partial charge on any atom is 0.414 e. The number of carbonyl (C=O) groups is 2. The first-order valence-electron chi connectivity index (χ1n) is 9.21. The maximum atomic E-state index is 13.4. The Bertz CT molecular complexity index is 1050. The number of rotatable bonds is 6. The highest BCUT2D eigenvalue weighted by Gasteiger charge is 2.18. The van der Waals surface area contributed by atoms with Gasteiger partial charge in [0.1, 0.15) is 16.6 Å². The third-order valence-corrected chi connectivity index (χ3v) is 5.06. The lowest BCUT2D eigenvalue weighted by Gasteiger charge is -2.17. The number of nitrogens with zero attached hydrogens (tertiary/aromatic N) is 2. The highest BCUT2D eigenvalue weighted by Crippen LogP contribution is 2.42. The first kappa shape index (κ1) is 24.1. The van der Waals surface area contributed by atoms with Crippen molar-refractivity contribution >= 4 is 34.6 Å². The summed E-state index contributed by atoms with van der Waals surface area (Å²) in [7, 11) is 5.77. The molecule has 9 heteroatoms. The van der Waals surface area contributed by atoms with Gasteiger partial charge in [-0.05, 0) is 43.9 Å². The van der Waals surface area contributed by atoms with E-state index in [1.54, 1.807) is 31.0 Å². The molecule has 7 nitrogen and oxygen atoms in total. The molecule has 0 unspecified atom stereocenters. The van der Waals surface area contributed by atoms with E-state index in [1.807, 2.05) is 24.3 Å². The monoisotopic (exact) mass is 446 g/mol. The predicted octanol–water partition coefficient (Wildman–Crippen LogP) is 3.86. The van der Waals surface area contributed by atoms with Crippen molar-refractivity contribution in [1.82, 2.24) is 9.88 Å². The van der Waals surface area contributed by atoms with Crippen LogP contribution in [0.15, 0.2) is 53.6 Å². The fourth-order valence-corrected chi connectivity index (χ4v) is 3.84. The summed E-state index contributed by atoms with van der Waals surface area (Å²) in [6.45, 7) is 0.949. The van der Waals surface area contributed by atoms with Gasteiger partial charge in [-0.15, -0.1) is 11.8 Å². The summed E-state index contributed by atoms with van der Waals surface area (Å²) in [6.07, 6.45) is 0. The molecule has 0 spiro atoms. The van der Waals surface area contributed by atoms with E-state index in [9.17, 15) is 4.39 Å². The Labute approximate surface area is 183 Å². The molecule has 0 atom stereocenters. The number of carboxylic acid groups (broad SMARTS) is 2. The number of pyridine rings is 1. The van der Waals surface area contributed by atoms with Crippen molar-refractivity contribution in [2.24, 2.45) is 0 Å². The molecule has 0 saturated heterocycles. The van der Waals surface area contributed by atoms with E-state index < -0.39 is 11.9 Å². The fraction of sp³-hybridized carbons (Fsp3) is 0.227. The van der Waals surface area contributed by atoms with Crippen LogP contribution in [0.4, 0.5) is 4.39 Å². The Morgan fingerprint density at radius 3 is 2.23 bits per heavy atom. The van der Waals surface area contributed by atoms with Gasteiger partial charge in [-0.3, -0.25) is 0 Å². The average Bonchev–Trinajstić information content (AvgIpc) is 2.73. The summed E-state index contributed by atoms with van der Waals surface area (Å²) in [4.78, 5) is 25.2. The molecule has 1 aromatic heterocycles. The standard InChI is InChI=1S/C20H21FN2OS.C2H2O4/c1-23(2)12-13-25-20-18(14-8-10-15(21)11-9-14)19(24-3)16-6-4-5-7-17(16)22-20;3-1(4)2(5)6/h4-11H,12-13H2,1-3H3;(H,3,4)(H,5,6). The first-order chi connectivity index (χ1) is 14.7. The zero-order chi connectivity index (χ0) is 23.0. The van der Waals surface area contributed by atoms with Crippen LogP contribution in [-0.4, -0.2) is 65.5 Å². The molecule has 0 aliphatic heterocycles. The number of hydrogen-bond acceptors (Lipinski definition) is 6. The molecule has 3 rings (SSSR count). The molecule has 0 amide bonds. The van der Waals surface area contributed by atoms with Gasteiger partial charge in [-0.1, -0.05) is 24.3 Å². The molecule has 0 aliphatic rings. The number of aromatic nitrogens is 1. The van der Waals surface area contributed by atoms with Gasteiger partial charge in [0.15, 0.2) is 0 Å². The summed E-state index contributed by atoms with van der Waals surface area (Å²) < 4.78 is 19.1. The van der Waals surface area contributed by atoms with Crippen LogP contribution >= 0.6 is 11.8 Å². The number of hydrogen-bond donors (Lipinski definition) is 2. The van der Waals surface area contributed by atoms with E-state index in [0.717, 1.165) is 45.1 Å². The molecule has 0 saturated carbocycles. The summed E-state index contributed by atoms with van der Waals surface area (Å²) >= 11 is 1.69. The number of fused-ring (bicyclic) bond motifs is 1. The van der Waals surface area contributed by atoms with E-state index in [2.05, 4.69) is 19.0 Å². The van der Waals surface area contributed by atoms with Gasteiger partial charge >= 0.3 is 11.9 Å². The second-order valence-corrected chi connectivity index (χ2v) is 7.69. The number of benzene rings is 2. The van der Waals surface area contributed by atoms with Gasteiger partial charge in [-0.25, -0.2) is 19.0 Å². The van der Waals surface area contributed by atoms with Gasteiger partial charge < -0.3 is 19.8 Å². The molecule has 0 fully saturated rings. The van der Waals surface area contributed by atoms with Crippen molar-refractivity contribution in [3.8, 4) is 16.9 Å². The van der Waals surface area contributed by atoms with E-state index >= 15 is 0 Å². The lowest BCUT2D eigenvalue weighted by molar-refractivity contribution is -0.159. The second kappa shape index (κ2) is 11.3. The molecule has 0 aliphatic carbocycles. The molecule has 164 valence electrons. The third kappa shape index (κ3) is 6.66. The molecule has 1 heterocycles. The van der Waals surface area contributed by atoms with Gasteiger partial charge in [-0.2, -0.15) is 0 Å². The van der Waals surface area contributed by atoms with Gasteiger partial charge in [0.25, 0.3) is 0 Å². The van der Waals surface area contributed by atoms with Crippen LogP contribution in [0, 0.1) is 5.82 Å². The van der Waals surface area contributed by atoms with E-state index in [0.29, 0.717) is 0 Å². The van der Waals surface area contributed by atoms with Crippen molar-refractivity contribution in [3.63, 3.8) is 0 Å². The van der Waals surface area contributed by atoms with Crippen LogP contribution in [0.25, 0.3) is 22.0 Å². The number of carboxylic acids is 2. The predicted molar refractivity (Wildman–Crippen MR) is 118 cm³/mol. The summed E-state index contributed by atoms with van der Waals surface area (Å²) in [5, 5.41) is 16.6. The minimum absolute atomic E-state index is 0.252. The Balaban J connectivity index is 0.000000501. The minimum Gasteiger partial charge on any atom is -0.495 e. The summed E-state index contributed by atoms with van der Waals surface area (Å²) in [5.41, 5.74) is 2.73. The van der Waals surface area contributed by atoms with Gasteiger partial charge in [0, 0.05) is 17.7 Å². The van der Waals surface area contributed by atoms with Crippen LogP contribution in [-0.2, 0) is 9.59 Å². The first-order valence-corrected chi connectivity index (χ1v) is 10.2. The Hall–Kier alpha value is -3.17. The second-order valence-electron chi connectivity index (χ2n) is 6.61. The minimum atomic E-state index is -1.82. The van der Waals surface area contributed by atoms with Crippen LogP contribution in [0.5, 0.6) is 5.75 Å². The molecule has 0 radical (unpaired) electrons. The Kier molecular flexibility index (Phi) is 8.77. The maximum absolute atomic E-state index is 13.4. The van der Waals surface area contributed by atoms with Gasteiger partial charge in [0.05, 0.1) is 18.2 Å². The molecular formula is C22H23FN2O5S. The highest BCUT2D eigenvalue weighted by molar-refractivity contribution is 7.99. The lowest BCUT2D eigenvalue weighted by Crippen LogP contribution is -2.14. The van der Waals surface area contributed by atoms with Crippen LogP contribution in [0.2, 0.25) is 0 Å². The number of thioether (sulfide) groups is 1. The van der Waals surface area contributed by atoms with E-state index in [-0.39, 0.29) is 5.82 Å². The summed E-state index contributed by atoms with van der Waals surface area (Å²) in [5.74, 6) is -2.21. The lowest BCUT2D eigenvalue weighted by atomic mass is 10.0. The van der Waals surface area contributed by atoms with Crippen molar-refractivity contribution in [1.29, 1.82) is 0 Å². The number of aliphatic carboxylic acids is 2. The largest absolute Gasteiger partial charge is 0.495 e. The smallest absolute Gasteiger partial charge is 0.414 e. The van der Waals surface area contributed by atoms with E-state index in [4.69, 9.17) is 29.5 Å². The van der Waals surface area contributed by atoms with Crippen LogP contribution < -0.4 is 4.74 Å². The summed E-state index contributed by atoms with van der Waals surface area (Å²) in [6, 6.07) is 14.4. The number of ether oxygens (including phenoxy) is 1. The molecule has 2 aromatic carbocycles.